The first kappa shape index (κ1) is 13.7. The van der Waals surface area contributed by atoms with Crippen LogP contribution in [0, 0.1) is 0 Å². The minimum Gasteiger partial charge on any atom is -0.488 e. The van der Waals surface area contributed by atoms with Crippen molar-refractivity contribution in [1.82, 2.24) is 5.32 Å². The van der Waals surface area contributed by atoms with E-state index in [1.165, 1.54) is 0 Å². The average Bonchev–Trinajstić information content (AvgIpc) is 2.25. The van der Waals surface area contributed by atoms with E-state index in [0.717, 1.165) is 20.3 Å². The molecule has 0 aliphatic carbocycles. The zero-order valence-corrected chi connectivity index (χ0v) is 12.6. The average molecular weight is 349 g/mol. The van der Waals surface area contributed by atoms with Crippen LogP contribution in [0.15, 0.2) is 33.7 Å². The summed E-state index contributed by atoms with van der Waals surface area (Å²) in [5.41, 5.74) is 1.14. The summed E-state index contributed by atoms with van der Waals surface area (Å²) in [6, 6.07) is 6.29. The predicted molar refractivity (Wildman–Crippen MR) is 75.2 cm³/mol. The first-order valence-corrected chi connectivity index (χ1v) is 6.56. The lowest BCUT2D eigenvalue weighted by Crippen LogP contribution is -2.14. The smallest absolute Gasteiger partial charge is 0.125 e. The minimum absolute atomic E-state index is 0.256. The molecule has 1 aromatic carbocycles. The fraction of sp³-hybridized carbons (Fsp3) is 0.333. The van der Waals surface area contributed by atoms with Crippen molar-refractivity contribution in [3.05, 3.63) is 39.3 Å². The molecule has 1 unspecified atom stereocenters. The van der Waals surface area contributed by atoms with E-state index in [9.17, 15) is 0 Å². The van der Waals surface area contributed by atoms with Gasteiger partial charge in [-0.1, -0.05) is 44.5 Å². The molecule has 0 aliphatic heterocycles. The summed E-state index contributed by atoms with van der Waals surface area (Å²) in [6.45, 7) is 6.32. The summed E-state index contributed by atoms with van der Waals surface area (Å²) in [5.74, 6) is 0.872. The second-order valence-corrected chi connectivity index (χ2v) is 5.54. The van der Waals surface area contributed by atoms with E-state index >= 15 is 0 Å². The van der Waals surface area contributed by atoms with Gasteiger partial charge < -0.3 is 10.1 Å². The van der Waals surface area contributed by atoms with Gasteiger partial charge >= 0.3 is 0 Å². The molecule has 16 heavy (non-hydrogen) atoms. The van der Waals surface area contributed by atoms with Crippen molar-refractivity contribution >= 4 is 31.9 Å². The van der Waals surface area contributed by atoms with Gasteiger partial charge in [-0.05, 0) is 26.1 Å². The molecule has 0 heterocycles. The lowest BCUT2D eigenvalue weighted by atomic mass is 10.1. The maximum Gasteiger partial charge on any atom is 0.125 e. The normalized spacial score (nSPS) is 12.2. The topological polar surface area (TPSA) is 21.3 Å². The van der Waals surface area contributed by atoms with Gasteiger partial charge in [0.2, 0.25) is 0 Å². The number of hydrogen-bond acceptors (Lipinski definition) is 2. The lowest BCUT2D eigenvalue weighted by molar-refractivity contribution is 0.353. The Morgan fingerprint density at radius 2 is 2.25 bits per heavy atom. The molecule has 0 spiro atoms. The molecule has 0 fully saturated rings. The number of rotatable bonds is 5. The maximum absolute atomic E-state index is 5.69. The Morgan fingerprint density at radius 1 is 1.56 bits per heavy atom. The van der Waals surface area contributed by atoms with E-state index in [0.29, 0.717) is 6.61 Å². The van der Waals surface area contributed by atoms with Crippen molar-refractivity contribution in [1.29, 1.82) is 0 Å². The Balaban J connectivity index is 2.93. The summed E-state index contributed by atoms with van der Waals surface area (Å²) in [4.78, 5) is 0. The highest BCUT2D eigenvalue weighted by Crippen LogP contribution is 2.29. The zero-order valence-electron chi connectivity index (χ0n) is 9.39. The van der Waals surface area contributed by atoms with Crippen LogP contribution < -0.4 is 10.1 Å². The number of benzene rings is 1. The van der Waals surface area contributed by atoms with Gasteiger partial charge in [0, 0.05) is 20.6 Å². The van der Waals surface area contributed by atoms with Crippen molar-refractivity contribution in [2.75, 3.05) is 13.7 Å². The quantitative estimate of drug-likeness (QED) is 0.867. The third-order valence-electron chi connectivity index (χ3n) is 2.26. The number of ether oxygens (including phenoxy) is 1. The van der Waals surface area contributed by atoms with Crippen LogP contribution in [-0.4, -0.2) is 13.7 Å². The van der Waals surface area contributed by atoms with Gasteiger partial charge in [-0.2, -0.15) is 0 Å². The number of nitrogens with one attached hydrogen (secondary N) is 1. The second-order valence-electron chi connectivity index (χ2n) is 3.50. The number of halogens is 2. The minimum atomic E-state index is 0.256. The molecule has 0 aliphatic rings. The van der Waals surface area contributed by atoms with E-state index in [4.69, 9.17) is 4.74 Å². The van der Waals surface area contributed by atoms with Gasteiger partial charge in [0.15, 0.2) is 0 Å². The lowest BCUT2D eigenvalue weighted by Gasteiger charge is -2.16. The third kappa shape index (κ3) is 3.92. The molecule has 2 nitrogen and oxygen atoms in total. The molecule has 1 atom stereocenters. The van der Waals surface area contributed by atoms with Gasteiger partial charge in [-0.3, -0.25) is 0 Å². The van der Waals surface area contributed by atoms with Crippen LogP contribution in [0.1, 0.15) is 18.5 Å². The van der Waals surface area contributed by atoms with Gasteiger partial charge in [0.25, 0.3) is 0 Å². The van der Waals surface area contributed by atoms with Crippen molar-refractivity contribution in [2.24, 2.45) is 0 Å². The molecule has 4 heteroatoms. The summed E-state index contributed by atoms with van der Waals surface area (Å²) < 4.78 is 7.52. The molecule has 0 aromatic heterocycles. The van der Waals surface area contributed by atoms with Crippen LogP contribution in [-0.2, 0) is 0 Å². The Hall–Kier alpha value is -0.320. The first-order valence-electron chi connectivity index (χ1n) is 4.97. The van der Waals surface area contributed by atoms with Crippen molar-refractivity contribution in [2.45, 2.75) is 13.0 Å². The highest BCUT2D eigenvalue weighted by Gasteiger charge is 2.10. The second kappa shape index (κ2) is 6.42. The molecule has 0 radical (unpaired) electrons. The van der Waals surface area contributed by atoms with Crippen LogP contribution >= 0.6 is 31.9 Å². The van der Waals surface area contributed by atoms with Crippen LogP contribution in [0.25, 0.3) is 0 Å². The van der Waals surface area contributed by atoms with E-state index < -0.39 is 0 Å². The molecule has 0 bridgehead atoms. The monoisotopic (exact) mass is 347 g/mol. The molecule has 1 N–H and O–H groups in total. The fourth-order valence-electron chi connectivity index (χ4n) is 1.30. The molecule has 1 rings (SSSR count). The number of hydrogen-bond donors (Lipinski definition) is 1. The first-order chi connectivity index (χ1) is 7.54. The molecule has 1 aromatic rings. The standard InChI is InChI=1S/C12H15Br2NO/c1-8(13)7-16-12-6-10(14)4-5-11(12)9(2)15-3/h4-6,9,15H,1,7H2,2-3H3. The summed E-state index contributed by atoms with van der Waals surface area (Å²) in [5, 5.41) is 3.20. The van der Waals surface area contributed by atoms with E-state index in [2.05, 4.69) is 56.7 Å². The molecule has 88 valence electrons. The van der Waals surface area contributed by atoms with Crippen LogP contribution in [0.3, 0.4) is 0 Å². The van der Waals surface area contributed by atoms with Gasteiger partial charge in [-0.15, -0.1) is 0 Å². The Morgan fingerprint density at radius 3 is 2.81 bits per heavy atom. The highest BCUT2D eigenvalue weighted by molar-refractivity contribution is 9.11. The summed E-state index contributed by atoms with van der Waals surface area (Å²) >= 11 is 6.72. The molecule has 0 amide bonds. The van der Waals surface area contributed by atoms with E-state index in [-0.39, 0.29) is 6.04 Å². The molecular formula is C12H15Br2NO. The van der Waals surface area contributed by atoms with Gasteiger partial charge in [-0.25, -0.2) is 0 Å². The van der Waals surface area contributed by atoms with Gasteiger partial charge in [0.05, 0.1) is 0 Å². The van der Waals surface area contributed by atoms with Gasteiger partial charge in [0.1, 0.15) is 12.4 Å². The molecule has 0 saturated heterocycles. The predicted octanol–water partition coefficient (Wildman–Crippen LogP) is 4.02. The zero-order chi connectivity index (χ0) is 12.1. The molecular weight excluding hydrogens is 334 g/mol. The van der Waals surface area contributed by atoms with Crippen molar-refractivity contribution < 1.29 is 4.74 Å². The van der Waals surface area contributed by atoms with Crippen LogP contribution in [0.2, 0.25) is 0 Å². The highest BCUT2D eigenvalue weighted by atomic mass is 79.9. The van der Waals surface area contributed by atoms with Crippen LogP contribution in [0.5, 0.6) is 5.75 Å². The largest absolute Gasteiger partial charge is 0.488 e. The van der Waals surface area contributed by atoms with E-state index in [1.54, 1.807) is 0 Å². The maximum atomic E-state index is 5.69. The fourth-order valence-corrected chi connectivity index (χ4v) is 1.76. The van der Waals surface area contributed by atoms with Crippen LogP contribution in [0.4, 0.5) is 0 Å². The van der Waals surface area contributed by atoms with E-state index in [1.807, 2.05) is 19.2 Å². The SMILES string of the molecule is C=C(Br)COc1cc(Br)ccc1C(C)NC. The van der Waals surface area contributed by atoms with Crippen molar-refractivity contribution in [3.8, 4) is 5.75 Å². The Labute approximate surface area is 113 Å². The summed E-state index contributed by atoms with van der Waals surface area (Å²) in [7, 11) is 1.93. The Kier molecular flexibility index (Phi) is 5.52. The molecule has 0 saturated carbocycles. The summed E-state index contributed by atoms with van der Waals surface area (Å²) in [6.07, 6.45) is 0. The Bertz CT molecular complexity index is 379. The van der Waals surface area contributed by atoms with Crippen molar-refractivity contribution in [3.63, 3.8) is 0 Å². The third-order valence-corrected chi connectivity index (χ3v) is 2.98.